The Hall–Kier alpha value is -2.60. The first kappa shape index (κ1) is 18.7. The van der Waals surface area contributed by atoms with Gasteiger partial charge in [-0.1, -0.05) is 66.4 Å². The fourth-order valence-corrected chi connectivity index (χ4v) is 4.24. The van der Waals surface area contributed by atoms with Gasteiger partial charge in [0.15, 0.2) is 0 Å². The first-order valence-electron chi connectivity index (χ1n) is 9.60. The summed E-state index contributed by atoms with van der Waals surface area (Å²) in [6.07, 6.45) is 3.74. The Labute approximate surface area is 168 Å². The molecule has 3 aromatic rings. The number of rotatable bonds is 6. The van der Waals surface area contributed by atoms with Crippen LogP contribution in [0.3, 0.4) is 0 Å². The van der Waals surface area contributed by atoms with E-state index in [1.165, 1.54) is 22.9 Å². The van der Waals surface area contributed by atoms with Crippen LogP contribution in [0.25, 0.3) is 0 Å². The summed E-state index contributed by atoms with van der Waals surface area (Å²) in [5.41, 5.74) is 3.69. The molecule has 0 saturated heterocycles. The van der Waals surface area contributed by atoms with E-state index < -0.39 is 0 Å². The monoisotopic (exact) mass is 393 g/mol. The van der Waals surface area contributed by atoms with Crippen LogP contribution in [0.4, 0.5) is 0 Å². The Bertz CT molecular complexity index is 942. The number of aromatic nitrogens is 2. The van der Waals surface area contributed by atoms with Crippen LogP contribution in [0.2, 0.25) is 0 Å². The number of carbonyl (C=O) groups excluding carboxylic acids is 1. The molecule has 1 amide bonds. The minimum Gasteiger partial charge on any atom is -0.416 e. The van der Waals surface area contributed by atoms with Crippen molar-refractivity contribution in [1.29, 1.82) is 0 Å². The molecule has 0 saturated carbocycles. The molecule has 1 aliphatic carbocycles. The standard InChI is InChI=1S/C22H23N3O2S/c1-15(21(26)23-19-13-7-11-17-10-5-6-12-18(17)19)28-22-25-24-20(27-22)14-16-8-3-2-4-9-16/h2-6,8-10,12,15,19H,7,11,13-14H2,1H3,(H,23,26)/t15-,19-/m1/s1. The lowest BCUT2D eigenvalue weighted by Gasteiger charge is -2.27. The number of carbonyl (C=O) groups is 1. The molecule has 1 N–H and O–H groups in total. The number of hydrogen-bond donors (Lipinski definition) is 1. The second-order valence-corrected chi connectivity index (χ2v) is 8.33. The Morgan fingerprint density at radius 3 is 2.82 bits per heavy atom. The third kappa shape index (κ3) is 4.44. The van der Waals surface area contributed by atoms with Gasteiger partial charge >= 0.3 is 0 Å². The van der Waals surface area contributed by atoms with Crippen LogP contribution < -0.4 is 5.32 Å². The summed E-state index contributed by atoms with van der Waals surface area (Å²) in [4.78, 5) is 12.7. The average molecular weight is 394 g/mol. The van der Waals surface area contributed by atoms with Crippen LogP contribution >= 0.6 is 11.8 Å². The molecule has 0 spiro atoms. The summed E-state index contributed by atoms with van der Waals surface area (Å²) in [5, 5.41) is 11.5. The van der Waals surface area contributed by atoms with Gasteiger partial charge < -0.3 is 9.73 Å². The van der Waals surface area contributed by atoms with Gasteiger partial charge in [-0.3, -0.25) is 4.79 Å². The number of thioether (sulfide) groups is 1. The molecule has 2 atom stereocenters. The first-order chi connectivity index (χ1) is 13.7. The van der Waals surface area contributed by atoms with E-state index in [-0.39, 0.29) is 17.2 Å². The van der Waals surface area contributed by atoms with Crippen molar-refractivity contribution < 1.29 is 9.21 Å². The van der Waals surface area contributed by atoms with Crippen molar-refractivity contribution in [1.82, 2.24) is 15.5 Å². The number of nitrogens with one attached hydrogen (secondary N) is 1. The number of hydrogen-bond acceptors (Lipinski definition) is 5. The third-order valence-electron chi connectivity index (χ3n) is 4.98. The molecule has 2 aromatic carbocycles. The van der Waals surface area contributed by atoms with Gasteiger partial charge in [-0.25, -0.2) is 0 Å². The van der Waals surface area contributed by atoms with Gasteiger partial charge in [0.1, 0.15) is 0 Å². The molecule has 6 heteroatoms. The van der Waals surface area contributed by atoms with E-state index in [2.05, 4.69) is 33.7 Å². The first-order valence-corrected chi connectivity index (χ1v) is 10.5. The van der Waals surface area contributed by atoms with Gasteiger partial charge in [-0.15, -0.1) is 10.2 Å². The lowest BCUT2D eigenvalue weighted by atomic mass is 9.88. The molecule has 28 heavy (non-hydrogen) atoms. The highest BCUT2D eigenvalue weighted by Gasteiger charge is 2.25. The highest BCUT2D eigenvalue weighted by Crippen LogP contribution is 2.30. The van der Waals surface area contributed by atoms with Crippen LogP contribution in [-0.2, 0) is 17.6 Å². The van der Waals surface area contributed by atoms with E-state index in [9.17, 15) is 4.79 Å². The molecule has 1 aliphatic rings. The molecule has 1 heterocycles. The maximum atomic E-state index is 12.7. The predicted molar refractivity (Wildman–Crippen MR) is 109 cm³/mol. The Balaban J connectivity index is 1.35. The second kappa shape index (κ2) is 8.61. The van der Waals surface area contributed by atoms with Crippen LogP contribution in [0.5, 0.6) is 0 Å². The zero-order valence-electron chi connectivity index (χ0n) is 15.8. The molecular weight excluding hydrogens is 370 g/mol. The summed E-state index contributed by atoms with van der Waals surface area (Å²) in [6, 6.07) is 18.4. The van der Waals surface area contributed by atoms with Crippen molar-refractivity contribution in [2.45, 2.75) is 49.1 Å². The Morgan fingerprint density at radius 1 is 1.18 bits per heavy atom. The highest BCUT2D eigenvalue weighted by atomic mass is 32.2. The van der Waals surface area contributed by atoms with E-state index in [0.717, 1.165) is 24.8 Å². The fourth-order valence-electron chi connectivity index (χ4n) is 3.53. The highest BCUT2D eigenvalue weighted by molar-refractivity contribution is 8.00. The number of benzene rings is 2. The summed E-state index contributed by atoms with van der Waals surface area (Å²) in [5.74, 6) is 0.553. The van der Waals surface area contributed by atoms with E-state index in [1.807, 2.05) is 43.3 Å². The number of nitrogens with zero attached hydrogens (tertiary/aromatic N) is 2. The maximum Gasteiger partial charge on any atom is 0.277 e. The quantitative estimate of drug-likeness (QED) is 0.631. The fraction of sp³-hybridized carbons (Fsp3) is 0.318. The van der Waals surface area contributed by atoms with Gasteiger partial charge in [-0.2, -0.15) is 0 Å². The molecule has 0 radical (unpaired) electrons. The number of amides is 1. The molecule has 0 unspecified atom stereocenters. The summed E-state index contributed by atoms with van der Waals surface area (Å²) >= 11 is 1.30. The van der Waals surface area contributed by atoms with E-state index in [0.29, 0.717) is 17.5 Å². The molecule has 144 valence electrons. The van der Waals surface area contributed by atoms with Gasteiger partial charge in [-0.05, 0) is 42.9 Å². The zero-order chi connectivity index (χ0) is 19.3. The van der Waals surface area contributed by atoms with Crippen molar-refractivity contribution in [2.75, 3.05) is 0 Å². The lowest BCUT2D eigenvalue weighted by Crippen LogP contribution is -2.35. The van der Waals surface area contributed by atoms with E-state index in [1.54, 1.807) is 0 Å². The molecule has 4 rings (SSSR count). The molecule has 0 bridgehead atoms. The van der Waals surface area contributed by atoms with Crippen LogP contribution in [0.15, 0.2) is 64.2 Å². The van der Waals surface area contributed by atoms with E-state index in [4.69, 9.17) is 4.42 Å². The van der Waals surface area contributed by atoms with Crippen LogP contribution in [0, 0.1) is 0 Å². The molecule has 5 nitrogen and oxygen atoms in total. The van der Waals surface area contributed by atoms with Crippen molar-refractivity contribution >= 4 is 17.7 Å². The van der Waals surface area contributed by atoms with Crippen LogP contribution in [0.1, 0.15) is 48.4 Å². The number of fused-ring (bicyclic) bond motifs is 1. The summed E-state index contributed by atoms with van der Waals surface area (Å²) in [7, 11) is 0. The van der Waals surface area contributed by atoms with Crippen molar-refractivity contribution in [2.24, 2.45) is 0 Å². The molecular formula is C22H23N3O2S. The SMILES string of the molecule is C[C@@H](Sc1nnc(Cc2ccccc2)o1)C(=O)N[C@@H]1CCCc2ccccc21. The van der Waals surface area contributed by atoms with Gasteiger partial charge in [0.05, 0.1) is 17.7 Å². The zero-order valence-corrected chi connectivity index (χ0v) is 16.6. The Kier molecular flexibility index (Phi) is 5.76. The number of aryl methyl sites for hydroxylation is 1. The average Bonchev–Trinajstić information content (AvgIpc) is 3.15. The van der Waals surface area contributed by atoms with Gasteiger partial charge in [0, 0.05) is 0 Å². The smallest absolute Gasteiger partial charge is 0.277 e. The topological polar surface area (TPSA) is 68.0 Å². The minimum absolute atomic E-state index is 0.00508. The van der Waals surface area contributed by atoms with Gasteiger partial charge in [0.25, 0.3) is 5.22 Å². The molecule has 0 fully saturated rings. The summed E-state index contributed by atoms with van der Waals surface area (Å²) < 4.78 is 5.72. The Morgan fingerprint density at radius 2 is 1.96 bits per heavy atom. The largest absolute Gasteiger partial charge is 0.416 e. The van der Waals surface area contributed by atoms with Crippen LogP contribution in [-0.4, -0.2) is 21.4 Å². The normalized spacial score (nSPS) is 17.0. The summed E-state index contributed by atoms with van der Waals surface area (Å²) in [6.45, 7) is 1.87. The maximum absolute atomic E-state index is 12.7. The van der Waals surface area contributed by atoms with E-state index >= 15 is 0 Å². The molecule has 1 aromatic heterocycles. The molecule has 0 aliphatic heterocycles. The third-order valence-corrected chi connectivity index (χ3v) is 5.91. The van der Waals surface area contributed by atoms with Crippen molar-refractivity contribution in [3.05, 3.63) is 77.2 Å². The minimum atomic E-state index is -0.306. The lowest BCUT2D eigenvalue weighted by molar-refractivity contribution is -0.121. The second-order valence-electron chi connectivity index (χ2n) is 7.04. The van der Waals surface area contributed by atoms with Crippen molar-refractivity contribution in [3.8, 4) is 0 Å². The van der Waals surface area contributed by atoms with Crippen molar-refractivity contribution in [3.63, 3.8) is 0 Å². The van der Waals surface area contributed by atoms with Gasteiger partial charge in [0.2, 0.25) is 11.8 Å². The predicted octanol–water partition coefficient (Wildman–Crippen LogP) is 4.33.